The van der Waals surface area contributed by atoms with E-state index in [9.17, 15) is 8.42 Å². The molecule has 25 heavy (non-hydrogen) atoms. The monoisotopic (exact) mass is 366 g/mol. The second kappa shape index (κ2) is 9.20. The van der Waals surface area contributed by atoms with E-state index in [1.54, 1.807) is 18.2 Å². The van der Waals surface area contributed by atoms with Gasteiger partial charge >= 0.3 is 0 Å². The maximum Gasteiger partial charge on any atom is 0.240 e. The summed E-state index contributed by atoms with van der Waals surface area (Å²) < 4.78 is 26.2. The molecule has 3 N–H and O–H groups in total. The van der Waals surface area contributed by atoms with Crippen LogP contribution in [0.25, 0.3) is 0 Å². The van der Waals surface area contributed by atoms with Crippen molar-refractivity contribution in [2.45, 2.75) is 57.0 Å². The summed E-state index contributed by atoms with van der Waals surface area (Å²) in [7, 11) is -2.01. The molecule has 0 aliphatic heterocycles. The molecule has 0 atom stereocenters. The largest absolute Gasteiger partial charge is 0.357 e. The van der Waals surface area contributed by atoms with Crippen LogP contribution >= 0.6 is 0 Å². The van der Waals surface area contributed by atoms with Crippen molar-refractivity contribution in [3.05, 3.63) is 29.8 Å². The molecule has 2 rings (SSSR count). The fourth-order valence-electron chi connectivity index (χ4n) is 3.02. The van der Waals surface area contributed by atoms with Gasteiger partial charge in [-0.3, -0.25) is 0 Å². The topological polar surface area (TPSA) is 82.6 Å². The smallest absolute Gasteiger partial charge is 0.240 e. The van der Waals surface area contributed by atoms with Crippen LogP contribution in [0.15, 0.2) is 34.2 Å². The minimum absolute atomic E-state index is 0.266. The van der Waals surface area contributed by atoms with Gasteiger partial charge in [0.25, 0.3) is 0 Å². The van der Waals surface area contributed by atoms with Gasteiger partial charge in [0, 0.05) is 12.6 Å². The number of benzene rings is 1. The molecule has 0 unspecified atom stereocenters. The third-order valence-electron chi connectivity index (χ3n) is 4.60. The molecule has 1 saturated carbocycles. The zero-order valence-corrected chi connectivity index (χ0v) is 16.2. The average molecular weight is 367 g/mol. The minimum Gasteiger partial charge on any atom is -0.357 e. The van der Waals surface area contributed by atoms with Crippen molar-refractivity contribution in [2.24, 2.45) is 10.9 Å². The molecule has 1 aromatic carbocycles. The molecule has 0 saturated heterocycles. The van der Waals surface area contributed by atoms with Crippen molar-refractivity contribution in [3.63, 3.8) is 0 Å². The van der Waals surface area contributed by atoms with Crippen molar-refractivity contribution < 1.29 is 8.42 Å². The Bertz CT molecular complexity index is 680. The third-order valence-corrected chi connectivity index (χ3v) is 6.01. The van der Waals surface area contributed by atoms with E-state index >= 15 is 0 Å². The van der Waals surface area contributed by atoms with Gasteiger partial charge in [0.05, 0.1) is 11.4 Å². The first-order valence-electron chi connectivity index (χ1n) is 9.02. The third kappa shape index (κ3) is 6.01. The van der Waals surface area contributed by atoms with E-state index in [0.717, 1.165) is 24.0 Å². The van der Waals surface area contributed by atoms with E-state index in [1.807, 2.05) is 13.0 Å². The Morgan fingerprint density at radius 3 is 2.60 bits per heavy atom. The predicted molar refractivity (Wildman–Crippen MR) is 102 cm³/mol. The maximum absolute atomic E-state index is 11.9. The highest BCUT2D eigenvalue weighted by Crippen LogP contribution is 2.23. The van der Waals surface area contributed by atoms with Crippen LogP contribution in [-0.2, 0) is 16.6 Å². The summed E-state index contributed by atoms with van der Waals surface area (Å²) in [6, 6.07) is 7.36. The summed E-state index contributed by atoms with van der Waals surface area (Å²) in [6.07, 6.45) is 4.84. The summed E-state index contributed by atoms with van der Waals surface area (Å²) in [6.45, 7) is 5.58. The Kier molecular flexibility index (Phi) is 7.25. The van der Waals surface area contributed by atoms with Gasteiger partial charge in [-0.25, -0.2) is 18.1 Å². The van der Waals surface area contributed by atoms with E-state index in [4.69, 9.17) is 0 Å². The molecule has 0 aromatic heterocycles. The summed E-state index contributed by atoms with van der Waals surface area (Å²) in [5.41, 5.74) is 0.866. The van der Waals surface area contributed by atoms with Gasteiger partial charge in [0.1, 0.15) is 0 Å². The summed E-state index contributed by atoms with van der Waals surface area (Å²) >= 11 is 0. The highest BCUT2D eigenvalue weighted by Gasteiger charge is 2.19. The molecule has 1 aliphatic rings. The number of nitrogens with zero attached hydrogens (tertiary/aromatic N) is 1. The van der Waals surface area contributed by atoms with Crippen LogP contribution in [0, 0.1) is 5.92 Å². The van der Waals surface area contributed by atoms with Crippen LogP contribution in [0.3, 0.4) is 0 Å². The lowest BCUT2D eigenvalue weighted by molar-refractivity contribution is 0.329. The van der Waals surface area contributed by atoms with Gasteiger partial charge in [-0.1, -0.05) is 19.1 Å². The maximum atomic E-state index is 11.9. The number of hydrogen-bond donors (Lipinski definition) is 3. The van der Waals surface area contributed by atoms with Crippen molar-refractivity contribution in [1.29, 1.82) is 0 Å². The van der Waals surface area contributed by atoms with Crippen LogP contribution in [0.2, 0.25) is 0 Å². The molecule has 1 fully saturated rings. The lowest BCUT2D eigenvalue weighted by atomic mass is 9.87. The van der Waals surface area contributed by atoms with Gasteiger partial charge in [-0.15, -0.1) is 0 Å². The van der Waals surface area contributed by atoms with Gasteiger partial charge in [0.15, 0.2) is 5.96 Å². The molecule has 7 heteroatoms. The van der Waals surface area contributed by atoms with Gasteiger partial charge < -0.3 is 10.6 Å². The van der Waals surface area contributed by atoms with Gasteiger partial charge in [-0.05, 0) is 63.3 Å². The second-order valence-corrected chi connectivity index (χ2v) is 8.54. The molecule has 1 aromatic rings. The van der Waals surface area contributed by atoms with E-state index in [2.05, 4.69) is 27.3 Å². The lowest BCUT2D eigenvalue weighted by Crippen LogP contribution is -2.44. The summed E-state index contributed by atoms with van der Waals surface area (Å²) in [5, 5.41) is 6.79. The van der Waals surface area contributed by atoms with Crippen molar-refractivity contribution in [1.82, 2.24) is 15.4 Å². The molecule has 0 amide bonds. The summed E-state index contributed by atoms with van der Waals surface area (Å²) in [4.78, 5) is 4.89. The van der Waals surface area contributed by atoms with E-state index in [-0.39, 0.29) is 4.90 Å². The van der Waals surface area contributed by atoms with E-state index in [0.29, 0.717) is 12.6 Å². The predicted octanol–water partition coefficient (Wildman–Crippen LogP) is 2.23. The van der Waals surface area contributed by atoms with Crippen molar-refractivity contribution in [3.8, 4) is 0 Å². The van der Waals surface area contributed by atoms with E-state index in [1.165, 1.54) is 32.7 Å². The molecular weight excluding hydrogens is 336 g/mol. The fraction of sp³-hybridized carbons (Fsp3) is 0.611. The zero-order valence-electron chi connectivity index (χ0n) is 15.4. The van der Waals surface area contributed by atoms with Crippen LogP contribution in [0.4, 0.5) is 0 Å². The Morgan fingerprint density at radius 1 is 1.24 bits per heavy atom. The highest BCUT2D eigenvalue weighted by molar-refractivity contribution is 7.89. The van der Waals surface area contributed by atoms with Gasteiger partial charge in [-0.2, -0.15) is 0 Å². The Morgan fingerprint density at radius 2 is 1.96 bits per heavy atom. The second-order valence-electron chi connectivity index (χ2n) is 6.65. The Hall–Kier alpha value is -1.60. The first kappa shape index (κ1) is 19.7. The van der Waals surface area contributed by atoms with Gasteiger partial charge in [0.2, 0.25) is 10.0 Å². The summed E-state index contributed by atoms with van der Waals surface area (Å²) in [5.74, 6) is 1.61. The first-order chi connectivity index (χ1) is 11.9. The molecule has 6 nitrogen and oxygen atoms in total. The average Bonchev–Trinajstić information content (AvgIpc) is 2.62. The molecule has 0 bridgehead atoms. The lowest BCUT2D eigenvalue weighted by Gasteiger charge is -2.28. The Balaban J connectivity index is 2.04. The van der Waals surface area contributed by atoms with Crippen molar-refractivity contribution >= 4 is 16.0 Å². The molecule has 0 radical (unpaired) electrons. The molecular formula is C18H30N4O2S. The van der Waals surface area contributed by atoms with E-state index < -0.39 is 10.0 Å². The van der Waals surface area contributed by atoms with Crippen LogP contribution in [0.1, 0.15) is 45.1 Å². The molecule has 0 heterocycles. The minimum atomic E-state index is -3.43. The van der Waals surface area contributed by atoms with Crippen LogP contribution < -0.4 is 15.4 Å². The quantitative estimate of drug-likeness (QED) is 0.533. The number of rotatable bonds is 6. The number of sulfonamides is 1. The highest BCUT2D eigenvalue weighted by atomic mass is 32.2. The number of hydrogen-bond acceptors (Lipinski definition) is 3. The number of nitrogens with one attached hydrogen (secondary N) is 3. The zero-order chi connectivity index (χ0) is 18.3. The normalized spacial score (nSPS) is 21.8. The molecule has 1 aliphatic carbocycles. The van der Waals surface area contributed by atoms with Crippen LogP contribution in [-0.4, -0.2) is 34.0 Å². The number of aliphatic imine (C=N–C) groups is 1. The molecule has 0 spiro atoms. The van der Waals surface area contributed by atoms with Crippen LogP contribution in [0.5, 0.6) is 0 Å². The fourth-order valence-corrected chi connectivity index (χ4v) is 3.82. The standard InChI is InChI=1S/C18H30N4O2S/c1-4-20-18(22-16-10-8-14(2)9-11-16)21-13-15-6-5-7-17(12-15)25(23,24)19-3/h5-7,12,14,16,19H,4,8-11,13H2,1-3H3,(H2,20,21,22). The Labute approximate surface area is 151 Å². The first-order valence-corrected chi connectivity index (χ1v) is 10.5. The number of guanidine groups is 1. The molecule has 140 valence electrons. The van der Waals surface area contributed by atoms with Crippen molar-refractivity contribution in [2.75, 3.05) is 13.6 Å². The SMILES string of the molecule is CCNC(=NCc1cccc(S(=O)(=O)NC)c1)NC1CCC(C)CC1.